The molecule has 0 saturated carbocycles. The molecule has 0 aliphatic rings. The van der Waals surface area contributed by atoms with Crippen LogP contribution < -0.4 is 20.3 Å². The van der Waals surface area contributed by atoms with Crippen LogP contribution in [0.2, 0.25) is 0 Å². The normalized spacial score (nSPS) is 12.8. The van der Waals surface area contributed by atoms with Gasteiger partial charge in [0.25, 0.3) is 0 Å². The zero-order valence-corrected chi connectivity index (χ0v) is 22.2. The maximum absolute atomic E-state index is 12.9. The van der Waals surface area contributed by atoms with Gasteiger partial charge in [-0.1, -0.05) is 44.5 Å². The zero-order chi connectivity index (χ0) is 26.9. The van der Waals surface area contributed by atoms with Gasteiger partial charge in [-0.15, -0.1) is 0 Å². The maximum atomic E-state index is 12.9. The number of fused-ring (bicyclic) bond motifs is 1. The van der Waals surface area contributed by atoms with E-state index < -0.39 is 33.4 Å². The lowest BCUT2D eigenvalue weighted by Gasteiger charge is -2.26. The third-order valence-corrected chi connectivity index (χ3v) is 7.44. The summed E-state index contributed by atoms with van der Waals surface area (Å²) in [6, 6.07) is 10.8. The van der Waals surface area contributed by atoms with Crippen molar-refractivity contribution in [3.05, 3.63) is 36.4 Å². The van der Waals surface area contributed by atoms with Crippen LogP contribution in [0.25, 0.3) is 10.8 Å². The van der Waals surface area contributed by atoms with Crippen LogP contribution in [0.5, 0.6) is 0 Å². The third-order valence-electron chi connectivity index (χ3n) is 5.92. The summed E-state index contributed by atoms with van der Waals surface area (Å²) in [4.78, 5) is 26.0. The van der Waals surface area contributed by atoms with Gasteiger partial charge >= 0.3 is 0 Å². The molecule has 1 atom stereocenters. The Labute approximate surface area is 213 Å². The van der Waals surface area contributed by atoms with E-state index in [0.29, 0.717) is 31.2 Å². The Bertz CT molecular complexity index is 1150. The van der Waals surface area contributed by atoms with Crippen LogP contribution in [0.4, 0.5) is 5.69 Å². The number of hydrogen-bond acceptors (Lipinski definition) is 7. The van der Waals surface area contributed by atoms with Gasteiger partial charge in [-0.25, -0.2) is 13.1 Å². The van der Waals surface area contributed by atoms with E-state index in [1.54, 1.807) is 32.0 Å². The summed E-state index contributed by atoms with van der Waals surface area (Å²) in [5.74, 6) is -1.12. The number of unbranched alkanes of at least 4 members (excludes halogenated alkanes) is 2. The highest BCUT2D eigenvalue weighted by Gasteiger charge is 2.33. The van der Waals surface area contributed by atoms with Gasteiger partial charge in [-0.3, -0.25) is 9.59 Å². The summed E-state index contributed by atoms with van der Waals surface area (Å²) in [5.41, 5.74) is -0.0680. The van der Waals surface area contributed by atoms with Crippen molar-refractivity contribution in [3.63, 3.8) is 0 Å². The van der Waals surface area contributed by atoms with Gasteiger partial charge in [0.2, 0.25) is 21.8 Å². The second-order valence-electron chi connectivity index (χ2n) is 9.60. The molecule has 200 valence electrons. The van der Waals surface area contributed by atoms with Gasteiger partial charge < -0.3 is 25.7 Å². The lowest BCUT2D eigenvalue weighted by atomic mass is 9.87. The predicted octanol–water partition coefficient (Wildman–Crippen LogP) is 0.966. The first kappa shape index (κ1) is 29.5. The van der Waals surface area contributed by atoms with Crippen LogP contribution in [-0.4, -0.2) is 76.9 Å². The quantitative estimate of drug-likeness (QED) is 0.232. The first-order valence-corrected chi connectivity index (χ1v) is 13.4. The Morgan fingerprint density at radius 3 is 2.28 bits per heavy atom. The average molecular weight is 523 g/mol. The summed E-state index contributed by atoms with van der Waals surface area (Å²) in [7, 11) is 0.142. The molecule has 0 radical (unpaired) electrons. The van der Waals surface area contributed by atoms with Crippen molar-refractivity contribution in [3.8, 4) is 0 Å². The van der Waals surface area contributed by atoms with Crippen molar-refractivity contribution in [1.82, 2.24) is 15.4 Å². The van der Waals surface area contributed by atoms with Crippen molar-refractivity contribution in [2.45, 2.75) is 44.1 Å². The standard InChI is InChI=1S/C25H38N4O6S/c1-25(2,17-30)23(32)24(33)27-16-22(31)26-14-6-5-7-15-28-36(34,35)21-13-9-10-18-19(21)11-8-12-20(18)29(3)4/h8-13,23,28,30,32H,5-7,14-17H2,1-4H3,(H,26,31)(H,27,33)/t23-/m0/s1. The van der Waals surface area contributed by atoms with Crippen LogP contribution in [0.15, 0.2) is 41.3 Å². The van der Waals surface area contributed by atoms with Gasteiger partial charge in [-0.2, -0.15) is 0 Å². The summed E-state index contributed by atoms with van der Waals surface area (Å²) in [5, 5.41) is 25.7. The molecule has 0 saturated heterocycles. The predicted molar refractivity (Wildman–Crippen MR) is 140 cm³/mol. The number of aliphatic hydroxyl groups is 2. The number of amides is 2. The van der Waals surface area contributed by atoms with Crippen molar-refractivity contribution in [1.29, 1.82) is 0 Å². The summed E-state index contributed by atoms with van der Waals surface area (Å²) in [6.07, 6.45) is 0.506. The molecule has 0 aromatic heterocycles. The smallest absolute Gasteiger partial charge is 0.249 e. The van der Waals surface area contributed by atoms with Gasteiger partial charge in [0, 0.05) is 49.1 Å². The minimum absolute atomic E-state index is 0.241. The molecule has 0 bridgehead atoms. The number of nitrogens with zero attached hydrogens (tertiary/aromatic N) is 1. The molecule has 36 heavy (non-hydrogen) atoms. The first-order valence-electron chi connectivity index (χ1n) is 11.9. The Morgan fingerprint density at radius 2 is 1.61 bits per heavy atom. The highest BCUT2D eigenvalue weighted by Crippen LogP contribution is 2.30. The van der Waals surface area contributed by atoms with E-state index in [2.05, 4.69) is 15.4 Å². The molecule has 0 fully saturated rings. The van der Waals surface area contributed by atoms with Gasteiger partial charge in [0.05, 0.1) is 18.0 Å². The lowest BCUT2D eigenvalue weighted by Crippen LogP contribution is -2.48. The van der Waals surface area contributed by atoms with E-state index in [9.17, 15) is 28.2 Å². The fourth-order valence-corrected chi connectivity index (χ4v) is 4.89. The van der Waals surface area contributed by atoms with Crippen LogP contribution in [-0.2, 0) is 19.6 Å². The fraction of sp³-hybridized carbons (Fsp3) is 0.520. The van der Waals surface area contributed by atoms with Crippen LogP contribution in [0.1, 0.15) is 33.1 Å². The Kier molecular flexibility index (Phi) is 10.7. The Morgan fingerprint density at radius 1 is 0.972 bits per heavy atom. The molecule has 2 aromatic carbocycles. The van der Waals surface area contributed by atoms with Crippen LogP contribution >= 0.6 is 0 Å². The summed E-state index contributed by atoms with van der Waals surface area (Å²) >= 11 is 0. The highest BCUT2D eigenvalue weighted by molar-refractivity contribution is 7.89. The monoisotopic (exact) mass is 522 g/mol. The number of carbonyl (C=O) groups is 2. The van der Waals surface area contributed by atoms with Crippen molar-refractivity contribution < 1.29 is 28.2 Å². The second kappa shape index (κ2) is 13.0. The summed E-state index contributed by atoms with van der Waals surface area (Å²) in [6.45, 7) is 3.08. The number of hydrogen-bond donors (Lipinski definition) is 5. The molecule has 0 aliphatic heterocycles. The number of aliphatic hydroxyl groups excluding tert-OH is 2. The highest BCUT2D eigenvalue weighted by atomic mass is 32.2. The number of benzene rings is 2. The van der Waals surface area contributed by atoms with E-state index in [-0.39, 0.29) is 24.6 Å². The Balaban J connectivity index is 1.73. The molecule has 2 aromatic rings. The topological polar surface area (TPSA) is 148 Å². The minimum Gasteiger partial charge on any atom is -0.396 e. The van der Waals surface area contributed by atoms with E-state index >= 15 is 0 Å². The number of carbonyl (C=O) groups excluding carboxylic acids is 2. The van der Waals surface area contributed by atoms with E-state index in [4.69, 9.17) is 0 Å². The number of sulfonamides is 1. The van der Waals surface area contributed by atoms with Crippen molar-refractivity contribution >= 4 is 38.3 Å². The van der Waals surface area contributed by atoms with Crippen LogP contribution in [0, 0.1) is 5.41 Å². The van der Waals surface area contributed by atoms with Crippen molar-refractivity contribution in [2.24, 2.45) is 5.41 Å². The molecule has 0 heterocycles. The lowest BCUT2D eigenvalue weighted by molar-refractivity contribution is -0.138. The van der Waals surface area contributed by atoms with E-state index in [1.165, 1.54) is 0 Å². The molecular formula is C25H38N4O6S. The van der Waals surface area contributed by atoms with Crippen molar-refractivity contribution in [2.75, 3.05) is 45.2 Å². The number of nitrogens with one attached hydrogen (secondary N) is 3. The molecule has 2 rings (SSSR count). The molecule has 0 unspecified atom stereocenters. The number of rotatable bonds is 14. The largest absolute Gasteiger partial charge is 0.396 e. The van der Waals surface area contributed by atoms with Gasteiger partial charge in [-0.05, 0) is 25.0 Å². The molecule has 2 amide bonds. The fourth-order valence-electron chi connectivity index (χ4n) is 3.60. The molecule has 10 nitrogen and oxygen atoms in total. The third kappa shape index (κ3) is 7.89. The molecule has 0 aliphatic carbocycles. The minimum atomic E-state index is -3.69. The number of anilines is 1. The van der Waals surface area contributed by atoms with Gasteiger partial charge in [0.1, 0.15) is 6.10 Å². The average Bonchev–Trinajstić information content (AvgIpc) is 2.85. The molecule has 5 N–H and O–H groups in total. The zero-order valence-electron chi connectivity index (χ0n) is 21.4. The van der Waals surface area contributed by atoms with E-state index in [0.717, 1.165) is 11.1 Å². The maximum Gasteiger partial charge on any atom is 0.249 e. The summed E-state index contributed by atoms with van der Waals surface area (Å²) < 4.78 is 28.5. The van der Waals surface area contributed by atoms with Gasteiger partial charge in [0.15, 0.2) is 0 Å². The van der Waals surface area contributed by atoms with E-state index in [1.807, 2.05) is 37.2 Å². The first-order chi connectivity index (χ1) is 16.9. The molecular weight excluding hydrogens is 484 g/mol. The SMILES string of the molecule is CN(C)c1cccc2c(S(=O)(=O)NCCCCCNC(=O)CNC(=O)[C@H](O)C(C)(C)CO)cccc12. The molecule has 11 heteroatoms. The Hall–Kier alpha value is -2.73. The van der Waals surface area contributed by atoms with Crippen LogP contribution in [0.3, 0.4) is 0 Å². The second-order valence-corrected chi connectivity index (χ2v) is 11.3. The molecule has 0 spiro atoms.